The normalized spacial score (nSPS) is 10.5. The molecule has 0 saturated heterocycles. The smallest absolute Gasteiger partial charge is 0.252 e. The van der Waals surface area contributed by atoms with Crippen molar-refractivity contribution in [1.29, 1.82) is 0 Å². The Bertz CT molecular complexity index is 1350. The molecule has 0 spiro atoms. The molecular weight excluding hydrogens is 500 g/mol. The van der Waals surface area contributed by atoms with Gasteiger partial charge in [0.1, 0.15) is 29.5 Å². The standard InChI is InChI=1S/C27H34N8O4/c1-7-26(36)33-19-13-20(23(39-6)14-21(19)35(4)11-10-34(2)3)32-25-15-24(29-16-30-25)31-17-8-9-22(38-5)18(12-17)27(28)37/h7-9,12-16H,1,10-11H2,2-6H3,(H2,28,37)(H,33,36)(H2,29,30,31,32). The molecule has 1 aromatic heterocycles. The fourth-order valence-corrected chi connectivity index (χ4v) is 3.66. The molecule has 12 nitrogen and oxygen atoms in total. The maximum atomic E-state index is 12.2. The largest absolute Gasteiger partial charge is 0.496 e. The van der Waals surface area contributed by atoms with E-state index < -0.39 is 5.91 Å². The van der Waals surface area contributed by atoms with E-state index in [-0.39, 0.29) is 11.5 Å². The second-order valence-electron chi connectivity index (χ2n) is 8.81. The molecule has 2 aromatic carbocycles. The second-order valence-corrected chi connectivity index (χ2v) is 8.81. The van der Waals surface area contributed by atoms with E-state index in [1.54, 1.807) is 37.4 Å². The lowest BCUT2D eigenvalue weighted by Crippen LogP contribution is -2.29. The van der Waals surface area contributed by atoms with E-state index in [4.69, 9.17) is 15.2 Å². The van der Waals surface area contributed by atoms with Crippen LogP contribution in [0.2, 0.25) is 0 Å². The van der Waals surface area contributed by atoms with Crippen molar-refractivity contribution in [2.45, 2.75) is 0 Å². The highest BCUT2D eigenvalue weighted by Gasteiger charge is 2.17. The number of primary amides is 1. The number of carbonyl (C=O) groups excluding carboxylic acids is 2. The van der Waals surface area contributed by atoms with Crippen LogP contribution in [0, 0.1) is 0 Å². The van der Waals surface area contributed by atoms with Crippen molar-refractivity contribution in [3.05, 3.63) is 60.9 Å². The molecule has 0 unspecified atom stereocenters. The monoisotopic (exact) mass is 534 g/mol. The Morgan fingerprint density at radius 2 is 1.64 bits per heavy atom. The van der Waals surface area contributed by atoms with Crippen molar-refractivity contribution in [2.75, 3.05) is 69.3 Å². The number of nitrogens with two attached hydrogens (primary N) is 1. The van der Waals surface area contributed by atoms with Crippen molar-refractivity contribution in [3.8, 4) is 11.5 Å². The van der Waals surface area contributed by atoms with Gasteiger partial charge in [0.15, 0.2) is 0 Å². The summed E-state index contributed by atoms with van der Waals surface area (Å²) in [5.41, 5.74) is 8.23. The Balaban J connectivity index is 1.91. The van der Waals surface area contributed by atoms with Crippen LogP contribution < -0.4 is 36.1 Å². The fourth-order valence-electron chi connectivity index (χ4n) is 3.66. The van der Waals surface area contributed by atoms with Crippen LogP contribution in [0.3, 0.4) is 0 Å². The average molecular weight is 535 g/mol. The van der Waals surface area contributed by atoms with Gasteiger partial charge >= 0.3 is 0 Å². The molecule has 0 saturated carbocycles. The molecule has 0 radical (unpaired) electrons. The van der Waals surface area contributed by atoms with Gasteiger partial charge in [-0.15, -0.1) is 0 Å². The van der Waals surface area contributed by atoms with Crippen LogP contribution in [0.1, 0.15) is 10.4 Å². The van der Waals surface area contributed by atoms with Crippen LogP contribution >= 0.6 is 0 Å². The molecule has 0 fully saturated rings. The topological polar surface area (TPSA) is 147 Å². The Hall–Kier alpha value is -4.84. The number of nitrogens with one attached hydrogen (secondary N) is 3. The van der Waals surface area contributed by atoms with Gasteiger partial charge in [0.05, 0.1) is 36.8 Å². The molecule has 3 aromatic rings. The third kappa shape index (κ3) is 7.58. The number of anilines is 6. The van der Waals surface area contributed by atoms with Crippen molar-refractivity contribution in [1.82, 2.24) is 14.9 Å². The van der Waals surface area contributed by atoms with Crippen LogP contribution in [0.4, 0.5) is 34.4 Å². The SMILES string of the molecule is C=CC(=O)Nc1cc(Nc2cc(Nc3ccc(OC)c(C(N)=O)c3)ncn2)c(OC)cc1N(C)CCN(C)C. The van der Waals surface area contributed by atoms with Gasteiger partial charge in [0, 0.05) is 38.0 Å². The Morgan fingerprint density at radius 3 is 2.26 bits per heavy atom. The van der Waals surface area contributed by atoms with Gasteiger partial charge in [-0.3, -0.25) is 9.59 Å². The summed E-state index contributed by atoms with van der Waals surface area (Å²) in [4.78, 5) is 36.7. The van der Waals surface area contributed by atoms with E-state index >= 15 is 0 Å². The minimum atomic E-state index is -0.609. The summed E-state index contributed by atoms with van der Waals surface area (Å²) in [7, 11) is 8.98. The molecule has 3 rings (SSSR count). The predicted molar refractivity (Wildman–Crippen MR) is 154 cm³/mol. The minimum absolute atomic E-state index is 0.240. The molecule has 206 valence electrons. The predicted octanol–water partition coefficient (Wildman–Crippen LogP) is 3.20. The van der Waals surface area contributed by atoms with Crippen LogP contribution in [0.15, 0.2) is 55.4 Å². The first kappa shape index (κ1) is 28.7. The van der Waals surface area contributed by atoms with Crippen LogP contribution in [0.25, 0.3) is 0 Å². The number of amides is 2. The first-order valence-corrected chi connectivity index (χ1v) is 12.0. The molecule has 39 heavy (non-hydrogen) atoms. The third-order valence-corrected chi connectivity index (χ3v) is 5.72. The summed E-state index contributed by atoms with van der Waals surface area (Å²) in [5, 5.41) is 9.24. The first-order valence-electron chi connectivity index (χ1n) is 12.0. The number of carbonyl (C=O) groups is 2. The number of likely N-dealkylation sites (N-methyl/N-ethyl adjacent to an activating group) is 2. The molecule has 0 aliphatic heterocycles. The summed E-state index contributed by atoms with van der Waals surface area (Å²) >= 11 is 0. The lowest BCUT2D eigenvalue weighted by Gasteiger charge is -2.26. The maximum absolute atomic E-state index is 12.2. The molecule has 0 aliphatic rings. The highest BCUT2D eigenvalue weighted by molar-refractivity contribution is 6.02. The molecule has 0 bridgehead atoms. The van der Waals surface area contributed by atoms with Crippen molar-refractivity contribution < 1.29 is 19.1 Å². The first-order chi connectivity index (χ1) is 18.6. The highest BCUT2D eigenvalue weighted by Crippen LogP contribution is 2.38. The third-order valence-electron chi connectivity index (χ3n) is 5.72. The number of ether oxygens (including phenoxy) is 2. The van der Waals surface area contributed by atoms with Gasteiger partial charge in [0.25, 0.3) is 5.91 Å². The molecule has 0 aliphatic carbocycles. The summed E-state index contributed by atoms with van der Waals surface area (Å²) in [6, 6.07) is 10.3. The van der Waals surface area contributed by atoms with Crippen LogP contribution in [-0.4, -0.2) is 75.1 Å². The highest BCUT2D eigenvalue weighted by atomic mass is 16.5. The minimum Gasteiger partial charge on any atom is -0.496 e. The van der Waals surface area contributed by atoms with E-state index in [0.717, 1.165) is 18.8 Å². The molecule has 2 amide bonds. The average Bonchev–Trinajstić information content (AvgIpc) is 2.91. The van der Waals surface area contributed by atoms with Gasteiger partial charge < -0.3 is 41.0 Å². The molecule has 1 heterocycles. The van der Waals surface area contributed by atoms with Crippen LogP contribution in [-0.2, 0) is 4.79 Å². The molecular formula is C27H34N8O4. The van der Waals surface area contributed by atoms with E-state index in [1.807, 2.05) is 32.1 Å². The van der Waals surface area contributed by atoms with Gasteiger partial charge in [-0.1, -0.05) is 6.58 Å². The number of aromatic nitrogens is 2. The van der Waals surface area contributed by atoms with E-state index in [1.165, 1.54) is 19.5 Å². The van der Waals surface area contributed by atoms with Crippen molar-refractivity contribution >= 4 is 46.2 Å². The summed E-state index contributed by atoms with van der Waals surface area (Å²) in [6.07, 6.45) is 2.60. The Kier molecular flexibility index (Phi) is 9.65. The van der Waals surface area contributed by atoms with Gasteiger partial charge in [0.2, 0.25) is 5.91 Å². The van der Waals surface area contributed by atoms with Gasteiger partial charge in [-0.2, -0.15) is 0 Å². The number of benzene rings is 2. The van der Waals surface area contributed by atoms with E-state index in [2.05, 4.69) is 37.4 Å². The number of hydrogen-bond donors (Lipinski definition) is 4. The van der Waals surface area contributed by atoms with Gasteiger partial charge in [-0.25, -0.2) is 9.97 Å². The second kappa shape index (κ2) is 13.1. The van der Waals surface area contributed by atoms with E-state index in [9.17, 15) is 9.59 Å². The number of nitrogens with zero attached hydrogens (tertiary/aromatic N) is 4. The molecule has 5 N–H and O–H groups in total. The summed E-state index contributed by atoms with van der Waals surface area (Å²) < 4.78 is 10.9. The van der Waals surface area contributed by atoms with Crippen molar-refractivity contribution in [3.63, 3.8) is 0 Å². The zero-order valence-corrected chi connectivity index (χ0v) is 22.7. The molecule has 12 heteroatoms. The Morgan fingerprint density at radius 1 is 0.949 bits per heavy atom. The summed E-state index contributed by atoms with van der Waals surface area (Å²) in [5.74, 6) is 0.906. The zero-order chi connectivity index (χ0) is 28.5. The van der Waals surface area contributed by atoms with Crippen LogP contribution in [0.5, 0.6) is 11.5 Å². The number of methoxy groups -OCH3 is 2. The summed E-state index contributed by atoms with van der Waals surface area (Å²) in [6.45, 7) is 5.10. The maximum Gasteiger partial charge on any atom is 0.252 e. The zero-order valence-electron chi connectivity index (χ0n) is 22.7. The molecule has 0 atom stereocenters. The van der Waals surface area contributed by atoms with Gasteiger partial charge in [-0.05, 0) is 44.4 Å². The number of hydrogen-bond acceptors (Lipinski definition) is 10. The van der Waals surface area contributed by atoms with Crippen molar-refractivity contribution in [2.24, 2.45) is 5.73 Å². The number of rotatable bonds is 13. The van der Waals surface area contributed by atoms with E-state index in [0.29, 0.717) is 40.2 Å². The fraction of sp³-hybridized carbons (Fsp3) is 0.259. The quantitative estimate of drug-likeness (QED) is 0.241. The lowest BCUT2D eigenvalue weighted by molar-refractivity contribution is -0.111. The Labute approximate surface area is 227 Å². The lowest BCUT2D eigenvalue weighted by atomic mass is 10.1.